The zero-order chi connectivity index (χ0) is 16.9. The number of amides is 1. The summed E-state index contributed by atoms with van der Waals surface area (Å²) in [6.45, 7) is 4.51. The lowest BCUT2D eigenvalue weighted by molar-refractivity contribution is -0.133. The Balaban J connectivity index is 1.38. The predicted molar refractivity (Wildman–Crippen MR) is 96.2 cm³/mol. The number of hydrogen-bond acceptors (Lipinski definition) is 3. The molecule has 1 aromatic carbocycles. The van der Waals surface area contributed by atoms with Crippen LogP contribution in [0.2, 0.25) is 0 Å². The zero-order valence-corrected chi connectivity index (χ0v) is 15.0. The summed E-state index contributed by atoms with van der Waals surface area (Å²) < 4.78 is 4.99. The van der Waals surface area contributed by atoms with Gasteiger partial charge in [-0.1, -0.05) is 24.3 Å². The van der Waals surface area contributed by atoms with Gasteiger partial charge < -0.3 is 15.0 Å². The smallest absolute Gasteiger partial charge is 0.224 e. The number of aryl methyl sites for hydroxylation is 1. The molecule has 0 aromatic heterocycles. The number of ether oxygens (including phenoxy) is 1. The van der Waals surface area contributed by atoms with Crippen LogP contribution in [0.25, 0.3) is 0 Å². The standard InChI is InChI=1S/C20H30N2O2/c1-15-5-3-4-6-19(15)16-13-18(14-16)21-17-7-10-22(11-8-17)20(23)9-12-24-2/h3-6,16-18,21H,7-14H2,1-2H3. The molecule has 4 nitrogen and oxygen atoms in total. The van der Waals surface area contributed by atoms with Gasteiger partial charge in [0.15, 0.2) is 0 Å². The topological polar surface area (TPSA) is 41.6 Å². The van der Waals surface area contributed by atoms with Crippen molar-refractivity contribution < 1.29 is 9.53 Å². The summed E-state index contributed by atoms with van der Waals surface area (Å²) in [6.07, 6.45) is 5.15. The highest BCUT2D eigenvalue weighted by Crippen LogP contribution is 2.38. The van der Waals surface area contributed by atoms with E-state index >= 15 is 0 Å². The molecule has 1 N–H and O–H groups in total. The van der Waals surface area contributed by atoms with E-state index in [1.807, 2.05) is 4.90 Å². The average molecular weight is 330 g/mol. The minimum absolute atomic E-state index is 0.235. The van der Waals surface area contributed by atoms with Gasteiger partial charge >= 0.3 is 0 Å². The molecule has 4 heteroatoms. The van der Waals surface area contributed by atoms with Gasteiger partial charge in [0.1, 0.15) is 0 Å². The summed E-state index contributed by atoms with van der Waals surface area (Å²) in [5.74, 6) is 0.956. The lowest BCUT2D eigenvalue weighted by Crippen LogP contribution is -2.51. The second-order valence-corrected chi connectivity index (χ2v) is 7.29. The Hall–Kier alpha value is -1.39. The number of nitrogens with one attached hydrogen (secondary N) is 1. The van der Waals surface area contributed by atoms with Crippen molar-refractivity contribution >= 4 is 5.91 Å². The van der Waals surface area contributed by atoms with E-state index in [1.54, 1.807) is 7.11 Å². The Labute approximate surface area is 145 Å². The van der Waals surface area contributed by atoms with Gasteiger partial charge in [-0.3, -0.25) is 4.79 Å². The Morgan fingerprint density at radius 1 is 1.21 bits per heavy atom. The number of hydrogen-bond donors (Lipinski definition) is 1. The van der Waals surface area contributed by atoms with Crippen LogP contribution in [-0.4, -0.2) is 49.7 Å². The van der Waals surface area contributed by atoms with Crippen LogP contribution in [0.5, 0.6) is 0 Å². The maximum atomic E-state index is 12.0. The summed E-state index contributed by atoms with van der Waals surface area (Å²) in [5.41, 5.74) is 2.94. The van der Waals surface area contributed by atoms with Crippen molar-refractivity contribution in [3.63, 3.8) is 0 Å². The summed E-state index contributed by atoms with van der Waals surface area (Å²) in [4.78, 5) is 14.0. The summed E-state index contributed by atoms with van der Waals surface area (Å²) >= 11 is 0. The largest absolute Gasteiger partial charge is 0.384 e. The minimum atomic E-state index is 0.235. The van der Waals surface area contributed by atoms with Crippen LogP contribution >= 0.6 is 0 Å². The Kier molecular flexibility index (Phi) is 5.90. The molecule has 0 bridgehead atoms. The lowest BCUT2D eigenvalue weighted by Gasteiger charge is -2.41. The molecule has 0 radical (unpaired) electrons. The number of carbonyl (C=O) groups is 1. The van der Waals surface area contributed by atoms with Gasteiger partial charge in [-0.05, 0) is 49.7 Å². The number of nitrogens with zero attached hydrogens (tertiary/aromatic N) is 1. The van der Waals surface area contributed by atoms with Gasteiger partial charge in [0, 0.05) is 32.3 Å². The normalized spacial score (nSPS) is 24.7. The molecule has 0 unspecified atom stereocenters. The van der Waals surface area contributed by atoms with Crippen LogP contribution in [-0.2, 0) is 9.53 Å². The van der Waals surface area contributed by atoms with E-state index in [4.69, 9.17) is 4.74 Å². The van der Waals surface area contributed by atoms with Crippen molar-refractivity contribution in [3.8, 4) is 0 Å². The Bertz CT molecular complexity index is 546. The third-order valence-electron chi connectivity index (χ3n) is 5.61. The Morgan fingerprint density at radius 3 is 2.58 bits per heavy atom. The van der Waals surface area contributed by atoms with E-state index in [2.05, 4.69) is 36.5 Å². The second-order valence-electron chi connectivity index (χ2n) is 7.29. The maximum absolute atomic E-state index is 12.0. The molecule has 3 rings (SSSR count). The highest BCUT2D eigenvalue weighted by Gasteiger charge is 2.33. The van der Waals surface area contributed by atoms with Crippen molar-refractivity contribution in [2.75, 3.05) is 26.8 Å². The fraction of sp³-hybridized carbons (Fsp3) is 0.650. The molecule has 0 spiro atoms. The first-order valence-corrected chi connectivity index (χ1v) is 9.25. The summed E-state index contributed by atoms with van der Waals surface area (Å²) in [7, 11) is 1.65. The number of piperidine rings is 1. The van der Waals surface area contributed by atoms with Crippen LogP contribution in [0.15, 0.2) is 24.3 Å². The van der Waals surface area contributed by atoms with Crippen LogP contribution in [0, 0.1) is 6.92 Å². The molecule has 1 saturated carbocycles. The van der Waals surface area contributed by atoms with E-state index in [-0.39, 0.29) is 5.91 Å². The van der Waals surface area contributed by atoms with Gasteiger partial charge in [0.2, 0.25) is 5.91 Å². The van der Waals surface area contributed by atoms with Gasteiger partial charge in [0.05, 0.1) is 13.0 Å². The summed E-state index contributed by atoms with van der Waals surface area (Å²) in [6, 6.07) is 9.98. The third kappa shape index (κ3) is 4.17. The fourth-order valence-electron chi connectivity index (χ4n) is 4.03. The lowest BCUT2D eigenvalue weighted by atomic mass is 9.74. The SMILES string of the molecule is COCCC(=O)N1CCC(NC2CC(c3ccccc3C)C2)CC1. The van der Waals surface area contributed by atoms with E-state index < -0.39 is 0 Å². The molecule has 1 saturated heterocycles. The van der Waals surface area contributed by atoms with E-state index in [0.717, 1.165) is 31.8 Å². The first-order valence-electron chi connectivity index (χ1n) is 9.25. The van der Waals surface area contributed by atoms with Crippen LogP contribution in [0.4, 0.5) is 0 Å². The monoisotopic (exact) mass is 330 g/mol. The Morgan fingerprint density at radius 2 is 1.92 bits per heavy atom. The molecule has 132 valence electrons. The molecular formula is C20H30N2O2. The number of carbonyl (C=O) groups excluding carboxylic acids is 1. The quantitative estimate of drug-likeness (QED) is 0.872. The van der Waals surface area contributed by atoms with Crippen LogP contribution in [0.3, 0.4) is 0 Å². The molecule has 1 aliphatic heterocycles. The fourth-order valence-corrected chi connectivity index (χ4v) is 4.03. The first-order chi connectivity index (χ1) is 11.7. The van der Waals surface area contributed by atoms with Crippen molar-refractivity contribution in [2.24, 2.45) is 0 Å². The third-order valence-corrected chi connectivity index (χ3v) is 5.61. The molecule has 0 atom stereocenters. The van der Waals surface area contributed by atoms with Gasteiger partial charge in [0.25, 0.3) is 0 Å². The van der Waals surface area contributed by atoms with Crippen molar-refractivity contribution in [3.05, 3.63) is 35.4 Å². The molecule has 1 heterocycles. The van der Waals surface area contributed by atoms with Crippen LogP contribution < -0.4 is 5.32 Å². The molecular weight excluding hydrogens is 300 g/mol. The van der Waals surface area contributed by atoms with Crippen molar-refractivity contribution in [1.82, 2.24) is 10.2 Å². The molecule has 2 fully saturated rings. The number of methoxy groups -OCH3 is 1. The highest BCUT2D eigenvalue weighted by molar-refractivity contribution is 5.76. The maximum Gasteiger partial charge on any atom is 0.224 e. The van der Waals surface area contributed by atoms with Gasteiger partial charge in [-0.15, -0.1) is 0 Å². The van der Waals surface area contributed by atoms with Crippen LogP contribution in [0.1, 0.15) is 49.1 Å². The number of benzene rings is 1. The number of rotatable bonds is 6. The zero-order valence-electron chi connectivity index (χ0n) is 15.0. The number of likely N-dealkylation sites (tertiary alicyclic amines) is 1. The van der Waals surface area contributed by atoms with E-state index in [1.165, 1.54) is 24.0 Å². The van der Waals surface area contributed by atoms with E-state index in [9.17, 15) is 4.79 Å². The predicted octanol–water partition coefficient (Wildman–Crippen LogP) is 2.86. The molecule has 2 aliphatic rings. The van der Waals surface area contributed by atoms with Gasteiger partial charge in [-0.2, -0.15) is 0 Å². The first kappa shape index (κ1) is 17.4. The average Bonchev–Trinajstić information content (AvgIpc) is 2.57. The van der Waals surface area contributed by atoms with Gasteiger partial charge in [-0.25, -0.2) is 0 Å². The molecule has 24 heavy (non-hydrogen) atoms. The highest BCUT2D eigenvalue weighted by atomic mass is 16.5. The molecule has 1 amide bonds. The van der Waals surface area contributed by atoms with Crippen molar-refractivity contribution in [2.45, 2.75) is 57.0 Å². The van der Waals surface area contributed by atoms with Crippen molar-refractivity contribution in [1.29, 1.82) is 0 Å². The molecule has 1 aromatic rings. The summed E-state index contributed by atoms with van der Waals surface area (Å²) in [5, 5.41) is 3.81. The van der Waals surface area contributed by atoms with E-state index in [0.29, 0.717) is 25.1 Å². The second kappa shape index (κ2) is 8.13. The minimum Gasteiger partial charge on any atom is -0.384 e. The molecule has 1 aliphatic carbocycles.